The minimum Gasteiger partial charge on any atom is -0.339 e. The summed E-state index contributed by atoms with van der Waals surface area (Å²) in [6, 6.07) is 0. The second-order valence-corrected chi connectivity index (χ2v) is 4.83. The molecule has 0 aromatic carbocycles. The molecule has 5 nitrogen and oxygen atoms in total. The number of aromatic nitrogens is 2. The van der Waals surface area contributed by atoms with Crippen molar-refractivity contribution in [3.05, 3.63) is 11.7 Å². The van der Waals surface area contributed by atoms with Gasteiger partial charge in [0.25, 0.3) is 0 Å². The number of nitrogens with one attached hydrogen (secondary N) is 1. The van der Waals surface area contributed by atoms with E-state index in [0.29, 0.717) is 0 Å². The lowest BCUT2D eigenvalue weighted by molar-refractivity contribution is 0.289. The molecule has 2 aliphatic heterocycles. The topological polar surface area (TPSA) is 54.2 Å². The Balaban J connectivity index is 0.00000108. The Morgan fingerprint density at radius 3 is 2.65 bits per heavy atom. The van der Waals surface area contributed by atoms with E-state index >= 15 is 0 Å². The van der Waals surface area contributed by atoms with Crippen LogP contribution in [-0.2, 0) is 13.0 Å². The molecular formula is C11H19ClN4O. The summed E-state index contributed by atoms with van der Waals surface area (Å²) >= 11 is 0. The second-order valence-electron chi connectivity index (χ2n) is 4.83. The van der Waals surface area contributed by atoms with Gasteiger partial charge in [-0.2, -0.15) is 4.98 Å². The normalized spacial score (nSPS) is 28.1. The molecule has 2 fully saturated rings. The van der Waals surface area contributed by atoms with Gasteiger partial charge in [0, 0.05) is 19.5 Å². The van der Waals surface area contributed by atoms with Gasteiger partial charge in [-0.05, 0) is 24.9 Å². The highest BCUT2D eigenvalue weighted by Gasteiger charge is 2.36. The fraction of sp³-hybridized carbons (Fsp3) is 0.818. The molecule has 2 aliphatic rings. The Bertz CT molecular complexity index is 358. The molecule has 1 aromatic heterocycles. The lowest BCUT2D eigenvalue weighted by Gasteiger charge is -2.13. The molecule has 3 heterocycles. The van der Waals surface area contributed by atoms with Crippen LogP contribution in [0, 0.1) is 11.8 Å². The molecule has 0 amide bonds. The van der Waals surface area contributed by atoms with E-state index < -0.39 is 0 Å². The number of rotatable bonds is 3. The third-order valence-electron chi connectivity index (χ3n) is 3.64. The lowest BCUT2D eigenvalue weighted by atomic mass is 10.0. The number of fused-ring (bicyclic) bond motifs is 1. The molecule has 6 heteroatoms. The molecule has 0 saturated carbocycles. The third kappa shape index (κ3) is 2.61. The molecule has 17 heavy (non-hydrogen) atoms. The smallest absolute Gasteiger partial charge is 0.226 e. The van der Waals surface area contributed by atoms with Gasteiger partial charge in [0.05, 0.1) is 6.54 Å². The zero-order valence-corrected chi connectivity index (χ0v) is 10.9. The summed E-state index contributed by atoms with van der Waals surface area (Å²) in [5.41, 5.74) is 0. The van der Waals surface area contributed by atoms with Gasteiger partial charge in [0.1, 0.15) is 0 Å². The van der Waals surface area contributed by atoms with E-state index in [4.69, 9.17) is 4.52 Å². The van der Waals surface area contributed by atoms with Crippen LogP contribution in [0.4, 0.5) is 0 Å². The molecule has 1 aromatic rings. The van der Waals surface area contributed by atoms with Gasteiger partial charge in [-0.15, -0.1) is 12.4 Å². The number of hydrogen-bond donors (Lipinski definition) is 1. The van der Waals surface area contributed by atoms with Crippen LogP contribution in [0.15, 0.2) is 4.52 Å². The summed E-state index contributed by atoms with van der Waals surface area (Å²) in [7, 11) is 0. The first-order chi connectivity index (χ1) is 7.85. The first kappa shape index (κ1) is 12.8. The van der Waals surface area contributed by atoms with E-state index in [1.165, 1.54) is 26.2 Å². The Kier molecular flexibility index (Phi) is 4.01. The van der Waals surface area contributed by atoms with Crippen molar-refractivity contribution in [2.24, 2.45) is 11.8 Å². The molecular weight excluding hydrogens is 240 g/mol. The molecule has 0 unspecified atom stereocenters. The SMILES string of the molecule is CCc1nc(CN2C[C@H]3CNC[C@H]3C2)no1.Cl. The van der Waals surface area contributed by atoms with Crippen molar-refractivity contribution in [3.8, 4) is 0 Å². The van der Waals surface area contributed by atoms with Gasteiger partial charge in [-0.25, -0.2) is 0 Å². The average Bonchev–Trinajstić information content (AvgIpc) is 2.92. The van der Waals surface area contributed by atoms with Crippen molar-refractivity contribution < 1.29 is 4.52 Å². The van der Waals surface area contributed by atoms with Crippen LogP contribution in [0.25, 0.3) is 0 Å². The lowest BCUT2D eigenvalue weighted by Crippen LogP contribution is -2.25. The van der Waals surface area contributed by atoms with Crippen molar-refractivity contribution in [2.75, 3.05) is 26.2 Å². The minimum absolute atomic E-state index is 0. The standard InChI is InChI=1S/C11H18N4O.ClH/c1-2-11-13-10(14-16-11)7-15-5-8-3-12-4-9(8)6-15;/h8-9,12H,2-7H2,1H3;1H/t8-,9+;. The highest BCUT2D eigenvalue weighted by molar-refractivity contribution is 5.85. The van der Waals surface area contributed by atoms with Crippen molar-refractivity contribution in [1.29, 1.82) is 0 Å². The molecule has 1 N–H and O–H groups in total. The Morgan fingerprint density at radius 2 is 2.06 bits per heavy atom. The molecule has 0 bridgehead atoms. The van der Waals surface area contributed by atoms with E-state index in [9.17, 15) is 0 Å². The zero-order valence-electron chi connectivity index (χ0n) is 10.1. The zero-order chi connectivity index (χ0) is 11.0. The van der Waals surface area contributed by atoms with Crippen molar-refractivity contribution in [1.82, 2.24) is 20.4 Å². The van der Waals surface area contributed by atoms with Crippen LogP contribution in [0.3, 0.4) is 0 Å². The van der Waals surface area contributed by atoms with Gasteiger partial charge in [-0.3, -0.25) is 4.90 Å². The van der Waals surface area contributed by atoms with Gasteiger partial charge in [0.2, 0.25) is 5.89 Å². The molecule has 3 rings (SSSR count). The molecule has 96 valence electrons. The van der Waals surface area contributed by atoms with Crippen LogP contribution in [0.5, 0.6) is 0 Å². The van der Waals surface area contributed by atoms with Crippen LogP contribution in [-0.4, -0.2) is 41.2 Å². The summed E-state index contributed by atoms with van der Waals surface area (Å²) in [5.74, 6) is 3.25. The van der Waals surface area contributed by atoms with Crippen LogP contribution in [0.2, 0.25) is 0 Å². The highest BCUT2D eigenvalue weighted by Crippen LogP contribution is 2.26. The summed E-state index contributed by atoms with van der Waals surface area (Å²) in [5, 5.41) is 7.45. The largest absolute Gasteiger partial charge is 0.339 e. The van der Waals surface area contributed by atoms with E-state index in [1.807, 2.05) is 6.92 Å². The monoisotopic (exact) mass is 258 g/mol. The van der Waals surface area contributed by atoms with E-state index in [2.05, 4.69) is 20.4 Å². The number of aryl methyl sites for hydroxylation is 1. The van der Waals surface area contributed by atoms with Crippen molar-refractivity contribution in [3.63, 3.8) is 0 Å². The third-order valence-corrected chi connectivity index (χ3v) is 3.64. The molecule has 2 atom stereocenters. The number of likely N-dealkylation sites (tertiary alicyclic amines) is 1. The number of nitrogens with zero attached hydrogens (tertiary/aromatic N) is 3. The van der Waals surface area contributed by atoms with Crippen LogP contribution >= 0.6 is 12.4 Å². The van der Waals surface area contributed by atoms with E-state index in [0.717, 1.165) is 36.5 Å². The van der Waals surface area contributed by atoms with Crippen molar-refractivity contribution in [2.45, 2.75) is 19.9 Å². The quantitative estimate of drug-likeness (QED) is 0.865. The first-order valence-corrected chi connectivity index (χ1v) is 6.09. The fourth-order valence-electron chi connectivity index (χ4n) is 2.78. The highest BCUT2D eigenvalue weighted by atomic mass is 35.5. The maximum atomic E-state index is 5.12. The molecule has 0 aliphatic carbocycles. The minimum atomic E-state index is 0. The number of halogens is 1. The van der Waals surface area contributed by atoms with Crippen LogP contribution in [0.1, 0.15) is 18.6 Å². The summed E-state index contributed by atoms with van der Waals surface area (Å²) < 4.78 is 5.12. The van der Waals surface area contributed by atoms with Crippen molar-refractivity contribution >= 4 is 12.4 Å². The first-order valence-electron chi connectivity index (χ1n) is 6.09. The predicted octanol–water partition coefficient (Wildman–Crippen LogP) is 0.705. The second kappa shape index (κ2) is 5.33. The summed E-state index contributed by atoms with van der Waals surface area (Å²) in [4.78, 5) is 6.80. The maximum absolute atomic E-state index is 5.12. The molecule has 2 saturated heterocycles. The maximum Gasteiger partial charge on any atom is 0.226 e. The van der Waals surface area contributed by atoms with Gasteiger partial charge in [-0.1, -0.05) is 12.1 Å². The molecule has 0 radical (unpaired) electrons. The fourth-order valence-corrected chi connectivity index (χ4v) is 2.78. The van der Waals surface area contributed by atoms with Gasteiger partial charge >= 0.3 is 0 Å². The van der Waals surface area contributed by atoms with Gasteiger partial charge < -0.3 is 9.84 Å². The summed E-state index contributed by atoms with van der Waals surface area (Å²) in [6.07, 6.45) is 0.822. The Hall–Kier alpha value is -0.650. The summed E-state index contributed by atoms with van der Waals surface area (Å²) in [6.45, 7) is 7.57. The average molecular weight is 259 g/mol. The van der Waals surface area contributed by atoms with E-state index in [-0.39, 0.29) is 12.4 Å². The van der Waals surface area contributed by atoms with Gasteiger partial charge in [0.15, 0.2) is 5.82 Å². The van der Waals surface area contributed by atoms with Crippen LogP contribution < -0.4 is 5.32 Å². The number of hydrogen-bond acceptors (Lipinski definition) is 5. The van der Waals surface area contributed by atoms with E-state index in [1.54, 1.807) is 0 Å². The Labute approximate surface area is 107 Å². The predicted molar refractivity (Wildman–Crippen MR) is 66.1 cm³/mol. The molecule has 0 spiro atoms. The Morgan fingerprint density at radius 1 is 1.35 bits per heavy atom.